The molecule has 0 unspecified atom stereocenters. The fourth-order valence-electron chi connectivity index (χ4n) is 3.31. The van der Waals surface area contributed by atoms with Gasteiger partial charge >= 0.3 is 0 Å². The minimum absolute atomic E-state index is 0.0765. The summed E-state index contributed by atoms with van der Waals surface area (Å²) in [5, 5.41) is 3.90. The van der Waals surface area contributed by atoms with Crippen LogP contribution in [0.15, 0.2) is 48.7 Å². The summed E-state index contributed by atoms with van der Waals surface area (Å²) in [7, 11) is 0. The Morgan fingerprint density at radius 1 is 0.963 bits per heavy atom. The van der Waals surface area contributed by atoms with Gasteiger partial charge in [-0.05, 0) is 31.0 Å². The van der Waals surface area contributed by atoms with Crippen molar-refractivity contribution in [2.45, 2.75) is 41.2 Å². The van der Waals surface area contributed by atoms with Crippen LogP contribution >= 0.6 is 0 Å². The third-order valence-corrected chi connectivity index (χ3v) is 4.77. The van der Waals surface area contributed by atoms with E-state index in [0.717, 1.165) is 27.7 Å². The van der Waals surface area contributed by atoms with Crippen LogP contribution in [0.2, 0.25) is 0 Å². The van der Waals surface area contributed by atoms with E-state index in [4.69, 9.17) is 0 Å². The molecule has 27 heavy (non-hydrogen) atoms. The van der Waals surface area contributed by atoms with Gasteiger partial charge in [0.05, 0.1) is 0 Å². The first kappa shape index (κ1) is 18.9. The number of carbonyl (C=O) groups is 2. The maximum absolute atomic E-state index is 12.8. The predicted molar refractivity (Wildman–Crippen MR) is 110 cm³/mol. The molecular formula is C23H26N2O2. The smallest absolute Gasteiger partial charge is 0.244 e. The van der Waals surface area contributed by atoms with E-state index in [0.29, 0.717) is 5.56 Å². The highest BCUT2D eigenvalue weighted by atomic mass is 16.2. The SMILES string of the molecule is Cc1cccc(C)c1NC(=O)Cn1cc(C(=O)C(C)(C)C)c2ccccc21. The zero-order valence-electron chi connectivity index (χ0n) is 16.6. The van der Waals surface area contributed by atoms with Crippen LogP contribution in [-0.4, -0.2) is 16.3 Å². The Balaban J connectivity index is 1.93. The van der Waals surface area contributed by atoms with Crippen LogP contribution < -0.4 is 5.32 Å². The number of benzene rings is 2. The number of hydrogen-bond acceptors (Lipinski definition) is 2. The first-order chi connectivity index (χ1) is 12.7. The number of amides is 1. The average Bonchev–Trinajstić information content (AvgIpc) is 2.95. The first-order valence-corrected chi connectivity index (χ1v) is 9.17. The first-order valence-electron chi connectivity index (χ1n) is 9.17. The molecule has 3 rings (SSSR count). The van der Waals surface area contributed by atoms with Crippen molar-refractivity contribution in [3.8, 4) is 0 Å². The lowest BCUT2D eigenvalue weighted by atomic mass is 9.86. The quantitative estimate of drug-likeness (QED) is 0.655. The lowest BCUT2D eigenvalue weighted by Crippen LogP contribution is -2.21. The number of carbonyl (C=O) groups excluding carboxylic acids is 2. The molecule has 0 radical (unpaired) electrons. The number of nitrogens with zero attached hydrogens (tertiary/aromatic N) is 1. The predicted octanol–water partition coefficient (Wildman–Crippen LogP) is 5.13. The zero-order valence-corrected chi connectivity index (χ0v) is 16.6. The van der Waals surface area contributed by atoms with Gasteiger partial charge < -0.3 is 9.88 Å². The summed E-state index contributed by atoms with van der Waals surface area (Å²) in [5.74, 6) is -0.0319. The molecule has 1 heterocycles. The van der Waals surface area contributed by atoms with Gasteiger partial charge in [0.15, 0.2) is 5.78 Å². The fourth-order valence-corrected chi connectivity index (χ4v) is 3.31. The van der Waals surface area contributed by atoms with Crippen molar-refractivity contribution in [2.75, 3.05) is 5.32 Å². The molecule has 1 N–H and O–H groups in total. The van der Waals surface area contributed by atoms with Crippen molar-refractivity contribution < 1.29 is 9.59 Å². The molecule has 1 amide bonds. The number of nitrogens with one attached hydrogen (secondary N) is 1. The second kappa shape index (κ2) is 7.03. The molecule has 140 valence electrons. The van der Waals surface area contributed by atoms with Crippen LogP contribution in [-0.2, 0) is 11.3 Å². The number of fused-ring (bicyclic) bond motifs is 1. The third kappa shape index (κ3) is 3.80. The van der Waals surface area contributed by atoms with Crippen LogP contribution in [0.1, 0.15) is 42.3 Å². The summed E-state index contributed by atoms with van der Waals surface area (Å²) in [6.45, 7) is 9.85. The van der Waals surface area contributed by atoms with Crippen LogP contribution in [0.4, 0.5) is 5.69 Å². The van der Waals surface area contributed by atoms with E-state index in [9.17, 15) is 9.59 Å². The molecule has 0 aliphatic rings. The molecule has 0 fully saturated rings. The number of Topliss-reactive ketones (excluding diaryl/α,β-unsaturated/α-hetero) is 1. The second-order valence-electron chi connectivity index (χ2n) is 8.08. The molecule has 0 atom stereocenters. The maximum Gasteiger partial charge on any atom is 0.244 e. The van der Waals surface area contributed by atoms with Crippen LogP contribution in [0.3, 0.4) is 0 Å². The summed E-state index contributed by atoms with van der Waals surface area (Å²) >= 11 is 0. The number of rotatable bonds is 4. The molecule has 0 spiro atoms. The monoisotopic (exact) mass is 362 g/mol. The summed E-state index contributed by atoms with van der Waals surface area (Å²) in [6, 6.07) is 13.7. The van der Waals surface area contributed by atoms with E-state index in [1.54, 1.807) is 0 Å². The van der Waals surface area contributed by atoms with Gasteiger partial charge in [-0.1, -0.05) is 57.2 Å². The van der Waals surface area contributed by atoms with E-state index in [2.05, 4.69) is 5.32 Å². The molecule has 0 aliphatic carbocycles. The van der Waals surface area contributed by atoms with Gasteiger partial charge in [-0.15, -0.1) is 0 Å². The Bertz CT molecular complexity index is 1000. The number of ketones is 1. The van der Waals surface area contributed by atoms with Crippen molar-refractivity contribution in [1.82, 2.24) is 4.57 Å². The number of para-hydroxylation sites is 2. The van der Waals surface area contributed by atoms with Gasteiger partial charge in [-0.25, -0.2) is 0 Å². The summed E-state index contributed by atoms with van der Waals surface area (Å²) in [6.07, 6.45) is 1.81. The van der Waals surface area contributed by atoms with E-state index in [1.807, 2.05) is 87.8 Å². The van der Waals surface area contributed by atoms with Gasteiger partial charge in [0.2, 0.25) is 5.91 Å². The molecule has 1 aromatic heterocycles. The highest BCUT2D eigenvalue weighted by Crippen LogP contribution is 2.28. The fraction of sp³-hybridized carbons (Fsp3) is 0.304. The normalized spacial score (nSPS) is 11.6. The largest absolute Gasteiger partial charge is 0.337 e. The van der Waals surface area contributed by atoms with Crippen LogP contribution in [0.5, 0.6) is 0 Å². The van der Waals surface area contributed by atoms with E-state index in [-0.39, 0.29) is 18.2 Å². The molecular weight excluding hydrogens is 336 g/mol. The molecule has 0 saturated carbocycles. The standard InChI is InChI=1S/C23H26N2O2/c1-15-9-8-10-16(2)21(15)24-20(26)14-25-13-18(22(27)23(3,4)5)17-11-6-7-12-19(17)25/h6-13H,14H2,1-5H3,(H,24,26). The average molecular weight is 362 g/mol. The zero-order chi connectivity index (χ0) is 19.8. The van der Waals surface area contributed by atoms with Crippen molar-refractivity contribution in [2.24, 2.45) is 5.41 Å². The Hall–Kier alpha value is -2.88. The highest BCUT2D eigenvalue weighted by Gasteiger charge is 2.26. The molecule has 0 saturated heterocycles. The topological polar surface area (TPSA) is 51.1 Å². The summed E-state index contributed by atoms with van der Waals surface area (Å²) in [5.41, 5.74) is 3.99. The van der Waals surface area contributed by atoms with Crippen LogP contribution in [0, 0.1) is 19.3 Å². The lowest BCUT2D eigenvalue weighted by molar-refractivity contribution is -0.116. The molecule has 4 nitrogen and oxygen atoms in total. The summed E-state index contributed by atoms with van der Waals surface area (Å²) < 4.78 is 1.86. The van der Waals surface area contributed by atoms with Gasteiger partial charge in [0.25, 0.3) is 0 Å². The van der Waals surface area contributed by atoms with E-state index >= 15 is 0 Å². The van der Waals surface area contributed by atoms with Gasteiger partial charge in [-0.3, -0.25) is 9.59 Å². The van der Waals surface area contributed by atoms with Crippen LogP contribution in [0.25, 0.3) is 10.9 Å². The molecule has 0 bridgehead atoms. The molecule has 0 aliphatic heterocycles. The Labute approximate surface area is 160 Å². The number of aryl methyl sites for hydroxylation is 2. The molecule has 3 aromatic rings. The van der Waals surface area contributed by atoms with Crippen molar-refractivity contribution in [3.63, 3.8) is 0 Å². The van der Waals surface area contributed by atoms with Crippen molar-refractivity contribution >= 4 is 28.3 Å². The van der Waals surface area contributed by atoms with Gasteiger partial charge in [0.1, 0.15) is 6.54 Å². The summed E-state index contributed by atoms with van der Waals surface area (Å²) in [4.78, 5) is 25.5. The lowest BCUT2D eigenvalue weighted by Gasteiger charge is -2.15. The Morgan fingerprint density at radius 3 is 2.22 bits per heavy atom. The molecule has 2 aromatic carbocycles. The Kier molecular flexibility index (Phi) is 4.92. The van der Waals surface area contributed by atoms with Gasteiger partial charge in [-0.2, -0.15) is 0 Å². The van der Waals surface area contributed by atoms with Gasteiger partial charge in [0, 0.05) is 33.8 Å². The number of hydrogen-bond donors (Lipinski definition) is 1. The minimum atomic E-state index is -0.477. The Morgan fingerprint density at radius 2 is 1.59 bits per heavy atom. The number of aromatic nitrogens is 1. The minimum Gasteiger partial charge on any atom is -0.337 e. The van der Waals surface area contributed by atoms with Crippen molar-refractivity contribution in [1.29, 1.82) is 0 Å². The highest BCUT2D eigenvalue weighted by molar-refractivity contribution is 6.10. The molecule has 4 heteroatoms. The second-order valence-corrected chi connectivity index (χ2v) is 8.08. The van der Waals surface area contributed by atoms with E-state index in [1.165, 1.54) is 0 Å². The third-order valence-electron chi connectivity index (χ3n) is 4.77. The van der Waals surface area contributed by atoms with E-state index < -0.39 is 5.41 Å². The number of anilines is 1. The van der Waals surface area contributed by atoms with Crippen molar-refractivity contribution in [3.05, 3.63) is 65.4 Å². The maximum atomic E-state index is 12.8.